The van der Waals surface area contributed by atoms with Crippen LogP contribution in [0, 0.1) is 0 Å². The van der Waals surface area contributed by atoms with Crippen molar-refractivity contribution in [1.29, 1.82) is 0 Å². The Morgan fingerprint density at radius 3 is 2.65 bits per heavy atom. The molecule has 1 heterocycles. The molecule has 0 amide bonds. The Bertz CT molecular complexity index is 524. The van der Waals surface area contributed by atoms with Crippen molar-refractivity contribution in [2.45, 2.75) is 17.8 Å². The van der Waals surface area contributed by atoms with Crippen molar-refractivity contribution >= 4 is 25.4 Å². The van der Waals surface area contributed by atoms with E-state index in [0.29, 0.717) is 12.4 Å². The van der Waals surface area contributed by atoms with Crippen LogP contribution in [0.3, 0.4) is 0 Å². The summed E-state index contributed by atoms with van der Waals surface area (Å²) in [5.41, 5.74) is 0. The number of hydrogen-bond acceptors (Lipinski definition) is 4. The number of rotatable bonds is 6. The van der Waals surface area contributed by atoms with Gasteiger partial charge in [0.25, 0.3) is 0 Å². The standard InChI is InChI=1S/C15H16O4Se/c1-2-18-15(17)14(13(16)12-9-6-10-19-12)20-11-7-4-3-5-8-11/h3-10,13-14,16H,2H2,1H3/t13-,14+/m0/s1. The molecule has 0 bridgehead atoms. The van der Waals surface area contributed by atoms with E-state index in [0.717, 1.165) is 4.46 Å². The first kappa shape index (κ1) is 14.9. The van der Waals surface area contributed by atoms with Gasteiger partial charge in [0, 0.05) is 0 Å². The first-order valence-corrected chi connectivity index (χ1v) is 8.16. The van der Waals surface area contributed by atoms with Gasteiger partial charge in [-0.05, 0) is 0 Å². The number of carbonyl (C=O) groups is 1. The summed E-state index contributed by atoms with van der Waals surface area (Å²) < 4.78 is 11.3. The van der Waals surface area contributed by atoms with Crippen molar-refractivity contribution in [1.82, 2.24) is 0 Å². The zero-order valence-corrected chi connectivity index (χ0v) is 12.8. The van der Waals surface area contributed by atoms with Crippen LogP contribution in [0.4, 0.5) is 0 Å². The van der Waals surface area contributed by atoms with Crippen LogP contribution in [0.1, 0.15) is 18.8 Å². The van der Waals surface area contributed by atoms with Crippen LogP contribution < -0.4 is 4.46 Å². The van der Waals surface area contributed by atoms with Gasteiger partial charge in [-0.15, -0.1) is 0 Å². The molecule has 1 aromatic carbocycles. The first-order chi connectivity index (χ1) is 9.72. The Kier molecular flexibility index (Phi) is 5.41. The summed E-state index contributed by atoms with van der Waals surface area (Å²) >= 11 is -0.236. The normalized spacial score (nSPS) is 13.7. The number of ether oxygens (including phenoxy) is 1. The molecule has 2 atom stereocenters. The van der Waals surface area contributed by atoms with E-state index in [9.17, 15) is 9.90 Å². The average Bonchev–Trinajstić information content (AvgIpc) is 2.99. The van der Waals surface area contributed by atoms with Gasteiger partial charge in [-0.25, -0.2) is 0 Å². The average molecular weight is 339 g/mol. The van der Waals surface area contributed by atoms with Crippen LogP contribution in [0.2, 0.25) is 4.82 Å². The summed E-state index contributed by atoms with van der Waals surface area (Å²) in [7, 11) is 0. The number of esters is 1. The molecular formula is C15H16O4Se. The maximum atomic E-state index is 12.1. The third kappa shape index (κ3) is 3.73. The summed E-state index contributed by atoms with van der Waals surface area (Å²) in [5.74, 6) is 0.00103. The van der Waals surface area contributed by atoms with Crippen LogP contribution in [0.15, 0.2) is 53.1 Å². The molecule has 106 valence electrons. The van der Waals surface area contributed by atoms with Gasteiger partial charge in [-0.3, -0.25) is 0 Å². The van der Waals surface area contributed by atoms with Gasteiger partial charge in [-0.1, -0.05) is 0 Å². The number of furan rings is 1. The quantitative estimate of drug-likeness (QED) is 0.643. The van der Waals surface area contributed by atoms with E-state index in [2.05, 4.69) is 0 Å². The second-order valence-electron chi connectivity index (χ2n) is 4.06. The Balaban J connectivity index is 2.18. The predicted octanol–water partition coefficient (Wildman–Crippen LogP) is 1.69. The fraction of sp³-hybridized carbons (Fsp3) is 0.267. The molecule has 2 rings (SSSR count). The minimum atomic E-state index is -0.982. The van der Waals surface area contributed by atoms with Crippen molar-refractivity contribution in [2.24, 2.45) is 0 Å². The molecule has 2 aromatic rings. The van der Waals surface area contributed by atoms with E-state index in [4.69, 9.17) is 9.15 Å². The van der Waals surface area contributed by atoms with Crippen LogP contribution in [-0.4, -0.2) is 32.6 Å². The molecule has 0 aliphatic carbocycles. The third-order valence-electron chi connectivity index (χ3n) is 2.65. The Labute approximate surface area is 123 Å². The molecule has 5 heteroatoms. The van der Waals surface area contributed by atoms with E-state index >= 15 is 0 Å². The third-order valence-corrected chi connectivity index (χ3v) is 5.27. The van der Waals surface area contributed by atoms with Gasteiger partial charge in [-0.2, -0.15) is 0 Å². The Morgan fingerprint density at radius 2 is 2.05 bits per heavy atom. The topological polar surface area (TPSA) is 59.7 Å². The fourth-order valence-electron chi connectivity index (χ4n) is 1.72. The number of aliphatic hydroxyl groups is 1. The summed E-state index contributed by atoms with van der Waals surface area (Å²) in [6.07, 6.45) is 0.500. The van der Waals surface area contributed by atoms with Crippen molar-refractivity contribution in [3.63, 3.8) is 0 Å². The molecule has 0 radical (unpaired) electrons. The number of aliphatic hydroxyl groups excluding tert-OH is 1. The number of hydrogen-bond donors (Lipinski definition) is 1. The van der Waals surface area contributed by atoms with Crippen molar-refractivity contribution < 1.29 is 19.1 Å². The van der Waals surface area contributed by atoms with Gasteiger partial charge in [0.15, 0.2) is 0 Å². The van der Waals surface area contributed by atoms with Gasteiger partial charge in [0.05, 0.1) is 0 Å². The van der Waals surface area contributed by atoms with Gasteiger partial charge in [0.1, 0.15) is 0 Å². The second-order valence-corrected chi connectivity index (χ2v) is 6.61. The first-order valence-electron chi connectivity index (χ1n) is 6.32. The molecule has 1 aromatic heterocycles. The van der Waals surface area contributed by atoms with Crippen molar-refractivity contribution in [3.05, 3.63) is 54.5 Å². The summed E-state index contributed by atoms with van der Waals surface area (Å²) in [6.45, 7) is 2.05. The molecule has 0 aliphatic rings. The Morgan fingerprint density at radius 1 is 1.30 bits per heavy atom. The SMILES string of the molecule is CCOC(=O)[C@H]([Se]c1ccccc1)[C@@H](O)c1ccco1. The number of carbonyl (C=O) groups excluding carboxylic acids is 1. The molecule has 20 heavy (non-hydrogen) atoms. The maximum absolute atomic E-state index is 12.1. The van der Waals surface area contributed by atoms with E-state index in [1.807, 2.05) is 30.3 Å². The minimum absolute atomic E-state index is 0.236. The van der Waals surface area contributed by atoms with E-state index in [1.165, 1.54) is 6.26 Å². The van der Waals surface area contributed by atoms with E-state index in [-0.39, 0.29) is 20.9 Å². The zero-order valence-electron chi connectivity index (χ0n) is 11.1. The van der Waals surface area contributed by atoms with Crippen LogP contribution in [-0.2, 0) is 9.53 Å². The second kappa shape index (κ2) is 7.29. The molecule has 0 saturated carbocycles. The van der Waals surface area contributed by atoms with Crippen LogP contribution >= 0.6 is 0 Å². The van der Waals surface area contributed by atoms with Gasteiger partial charge in [0.2, 0.25) is 0 Å². The van der Waals surface area contributed by atoms with Gasteiger partial charge < -0.3 is 0 Å². The fourth-order valence-corrected chi connectivity index (χ4v) is 3.89. The predicted molar refractivity (Wildman–Crippen MR) is 75.9 cm³/mol. The zero-order chi connectivity index (χ0) is 14.4. The molecule has 0 fully saturated rings. The van der Waals surface area contributed by atoms with Gasteiger partial charge >= 0.3 is 123 Å². The van der Waals surface area contributed by atoms with E-state index in [1.54, 1.807) is 19.1 Å². The van der Waals surface area contributed by atoms with Crippen LogP contribution in [0.25, 0.3) is 0 Å². The molecule has 0 unspecified atom stereocenters. The van der Waals surface area contributed by atoms with Crippen molar-refractivity contribution in [3.8, 4) is 0 Å². The molecule has 0 saturated heterocycles. The van der Waals surface area contributed by atoms with Crippen molar-refractivity contribution in [2.75, 3.05) is 6.61 Å². The summed E-state index contributed by atoms with van der Waals surface area (Å²) in [5, 5.41) is 10.3. The monoisotopic (exact) mass is 340 g/mol. The molecule has 0 aliphatic heterocycles. The molecular weight excluding hydrogens is 323 g/mol. The molecule has 1 N–H and O–H groups in total. The van der Waals surface area contributed by atoms with Crippen LogP contribution in [0.5, 0.6) is 0 Å². The summed E-state index contributed by atoms with van der Waals surface area (Å²) in [6, 6.07) is 13.0. The molecule has 0 spiro atoms. The summed E-state index contributed by atoms with van der Waals surface area (Å²) in [4.78, 5) is 11.5. The number of benzene rings is 1. The molecule has 4 nitrogen and oxygen atoms in total. The Hall–Kier alpha value is -1.55. The van der Waals surface area contributed by atoms with E-state index < -0.39 is 10.9 Å².